The fourth-order valence-electron chi connectivity index (χ4n) is 2.79. The topological polar surface area (TPSA) is 133 Å². The summed E-state index contributed by atoms with van der Waals surface area (Å²) in [4.78, 5) is 59.3. The second kappa shape index (κ2) is 7.03. The van der Waals surface area contributed by atoms with Gasteiger partial charge in [-0.3, -0.25) is 24.5 Å². The Morgan fingerprint density at radius 2 is 2.00 bits per heavy atom. The standard InChI is InChI=1S/C17H18N2O7/c1-4-26-16(23)9-5-6-10(11(7-9)19(24)25)14(21)13-12(20)8-17(2,3)18-15(13)22/h5-7,13H,4,8H2,1-3H3,(H,18,22). The van der Waals surface area contributed by atoms with Gasteiger partial charge in [0.25, 0.3) is 5.69 Å². The zero-order valence-corrected chi connectivity index (χ0v) is 14.5. The number of amides is 1. The van der Waals surface area contributed by atoms with E-state index < -0.39 is 51.1 Å². The van der Waals surface area contributed by atoms with E-state index >= 15 is 0 Å². The number of nitro benzene ring substituents is 1. The van der Waals surface area contributed by atoms with E-state index in [1.54, 1.807) is 20.8 Å². The summed E-state index contributed by atoms with van der Waals surface area (Å²) in [5.41, 5.74) is -1.96. The number of hydrogen-bond acceptors (Lipinski definition) is 7. The molecule has 0 spiro atoms. The number of nitrogens with one attached hydrogen (secondary N) is 1. The number of piperidine rings is 1. The van der Waals surface area contributed by atoms with Crippen LogP contribution in [0, 0.1) is 16.0 Å². The van der Waals surface area contributed by atoms with E-state index in [2.05, 4.69) is 5.32 Å². The van der Waals surface area contributed by atoms with Crippen molar-refractivity contribution in [2.75, 3.05) is 6.61 Å². The first-order valence-electron chi connectivity index (χ1n) is 7.92. The summed E-state index contributed by atoms with van der Waals surface area (Å²) in [7, 11) is 0. The zero-order valence-electron chi connectivity index (χ0n) is 14.5. The van der Waals surface area contributed by atoms with Crippen LogP contribution in [0.15, 0.2) is 18.2 Å². The number of carbonyl (C=O) groups excluding carboxylic acids is 4. The van der Waals surface area contributed by atoms with Gasteiger partial charge in [0.1, 0.15) is 0 Å². The van der Waals surface area contributed by atoms with Crippen molar-refractivity contribution in [3.05, 3.63) is 39.4 Å². The molecule has 1 aromatic carbocycles. The highest BCUT2D eigenvalue weighted by molar-refractivity contribution is 6.26. The smallest absolute Gasteiger partial charge is 0.338 e. The molecule has 0 bridgehead atoms. The first-order valence-corrected chi connectivity index (χ1v) is 7.92. The summed E-state index contributed by atoms with van der Waals surface area (Å²) in [6.07, 6.45) is -0.0656. The van der Waals surface area contributed by atoms with Crippen molar-refractivity contribution in [1.29, 1.82) is 0 Å². The van der Waals surface area contributed by atoms with Crippen LogP contribution in [-0.2, 0) is 14.3 Å². The number of ketones is 2. The number of Topliss-reactive ketones (excluding diaryl/α,β-unsaturated/α-hetero) is 2. The highest BCUT2D eigenvalue weighted by atomic mass is 16.6. The minimum atomic E-state index is -1.64. The van der Waals surface area contributed by atoms with Crippen LogP contribution in [0.25, 0.3) is 0 Å². The molecule has 9 heteroatoms. The molecule has 0 aromatic heterocycles. The minimum absolute atomic E-state index is 0.0656. The fourth-order valence-corrected chi connectivity index (χ4v) is 2.79. The molecule has 0 radical (unpaired) electrons. The Balaban J connectivity index is 2.42. The van der Waals surface area contributed by atoms with Gasteiger partial charge in [-0.25, -0.2) is 4.79 Å². The van der Waals surface area contributed by atoms with E-state index in [4.69, 9.17) is 4.74 Å². The normalized spacial score (nSPS) is 18.8. The molecule has 9 nitrogen and oxygen atoms in total. The molecule has 1 saturated heterocycles. The highest BCUT2D eigenvalue weighted by Gasteiger charge is 2.44. The third-order valence-electron chi connectivity index (χ3n) is 3.90. The Kier molecular flexibility index (Phi) is 5.20. The van der Waals surface area contributed by atoms with Crippen LogP contribution in [0.2, 0.25) is 0 Å². The molecule has 1 unspecified atom stereocenters. The van der Waals surface area contributed by atoms with Crippen molar-refractivity contribution in [3.63, 3.8) is 0 Å². The van der Waals surface area contributed by atoms with Gasteiger partial charge in [-0.05, 0) is 32.9 Å². The van der Waals surface area contributed by atoms with Crippen molar-refractivity contribution in [2.24, 2.45) is 5.92 Å². The molecule has 1 aromatic rings. The lowest BCUT2D eigenvalue weighted by Gasteiger charge is -2.33. The Hall–Kier alpha value is -3.10. The van der Waals surface area contributed by atoms with Gasteiger partial charge in [0, 0.05) is 18.0 Å². The van der Waals surface area contributed by atoms with E-state index in [0.717, 1.165) is 12.1 Å². The van der Waals surface area contributed by atoms with Crippen LogP contribution in [0.4, 0.5) is 5.69 Å². The highest BCUT2D eigenvalue weighted by Crippen LogP contribution is 2.28. The van der Waals surface area contributed by atoms with E-state index in [1.807, 2.05) is 0 Å². The van der Waals surface area contributed by atoms with E-state index in [0.29, 0.717) is 0 Å². The molecule has 1 aliphatic heterocycles. The molecule has 1 heterocycles. The fraction of sp³-hybridized carbons (Fsp3) is 0.412. The molecule has 1 amide bonds. The number of esters is 1. The van der Waals surface area contributed by atoms with Crippen LogP contribution in [-0.4, -0.2) is 40.5 Å². The largest absolute Gasteiger partial charge is 0.462 e. The molecule has 1 atom stereocenters. The molecule has 0 aliphatic carbocycles. The summed E-state index contributed by atoms with van der Waals surface area (Å²) in [6, 6.07) is 3.15. The van der Waals surface area contributed by atoms with Gasteiger partial charge in [0.15, 0.2) is 17.5 Å². The van der Waals surface area contributed by atoms with Gasteiger partial charge in [0.2, 0.25) is 5.91 Å². The van der Waals surface area contributed by atoms with Crippen molar-refractivity contribution in [3.8, 4) is 0 Å². The number of ether oxygens (including phenoxy) is 1. The molecule has 26 heavy (non-hydrogen) atoms. The van der Waals surface area contributed by atoms with Crippen LogP contribution < -0.4 is 5.32 Å². The van der Waals surface area contributed by atoms with Crippen molar-refractivity contribution >= 4 is 29.1 Å². The Morgan fingerprint density at radius 1 is 1.35 bits per heavy atom. The summed E-state index contributed by atoms with van der Waals surface area (Å²) in [6.45, 7) is 4.94. The van der Waals surface area contributed by atoms with E-state index in [9.17, 15) is 29.3 Å². The zero-order chi connectivity index (χ0) is 19.6. The van der Waals surface area contributed by atoms with Crippen LogP contribution >= 0.6 is 0 Å². The number of carbonyl (C=O) groups is 4. The van der Waals surface area contributed by atoms with Gasteiger partial charge in [-0.15, -0.1) is 0 Å². The molecule has 1 fully saturated rings. The molecular weight excluding hydrogens is 344 g/mol. The molecule has 138 valence electrons. The Morgan fingerprint density at radius 3 is 2.54 bits per heavy atom. The predicted molar refractivity (Wildman–Crippen MR) is 88.7 cm³/mol. The minimum Gasteiger partial charge on any atom is -0.462 e. The van der Waals surface area contributed by atoms with Crippen LogP contribution in [0.5, 0.6) is 0 Å². The molecule has 2 rings (SSSR count). The van der Waals surface area contributed by atoms with Crippen LogP contribution in [0.1, 0.15) is 47.9 Å². The monoisotopic (exact) mass is 362 g/mol. The van der Waals surface area contributed by atoms with Gasteiger partial charge < -0.3 is 10.1 Å². The van der Waals surface area contributed by atoms with Crippen LogP contribution in [0.3, 0.4) is 0 Å². The average Bonchev–Trinajstić information content (AvgIpc) is 2.52. The lowest BCUT2D eigenvalue weighted by molar-refractivity contribution is -0.385. The quantitative estimate of drug-likeness (QED) is 0.275. The Bertz CT molecular complexity index is 793. The second-order valence-electron chi connectivity index (χ2n) is 6.52. The van der Waals surface area contributed by atoms with Crippen molar-refractivity contribution in [2.45, 2.75) is 32.7 Å². The third kappa shape index (κ3) is 3.76. The number of benzene rings is 1. The summed E-state index contributed by atoms with van der Waals surface area (Å²) >= 11 is 0. The van der Waals surface area contributed by atoms with Gasteiger partial charge >= 0.3 is 5.97 Å². The van der Waals surface area contributed by atoms with Gasteiger partial charge in [-0.1, -0.05) is 0 Å². The number of nitrogens with zero attached hydrogens (tertiary/aromatic N) is 1. The van der Waals surface area contributed by atoms with Crippen molar-refractivity contribution in [1.82, 2.24) is 5.32 Å². The van der Waals surface area contributed by atoms with E-state index in [-0.39, 0.29) is 18.6 Å². The van der Waals surface area contributed by atoms with E-state index in [1.165, 1.54) is 6.07 Å². The molecular formula is C17H18N2O7. The molecule has 0 saturated carbocycles. The first kappa shape index (κ1) is 19.2. The second-order valence-corrected chi connectivity index (χ2v) is 6.52. The predicted octanol–water partition coefficient (Wildman–Crippen LogP) is 1.44. The summed E-state index contributed by atoms with van der Waals surface area (Å²) in [5, 5.41) is 13.9. The van der Waals surface area contributed by atoms with Crippen molar-refractivity contribution < 1.29 is 28.8 Å². The maximum Gasteiger partial charge on any atom is 0.338 e. The summed E-state index contributed by atoms with van der Waals surface area (Å²) in [5.74, 6) is -4.78. The average molecular weight is 362 g/mol. The lowest BCUT2D eigenvalue weighted by Crippen LogP contribution is -2.56. The number of hydrogen-bond donors (Lipinski definition) is 1. The van der Waals surface area contributed by atoms with Gasteiger partial charge in [-0.2, -0.15) is 0 Å². The number of rotatable bonds is 5. The number of nitro groups is 1. The molecule has 1 N–H and O–H groups in total. The lowest BCUT2D eigenvalue weighted by atomic mass is 9.81. The third-order valence-corrected chi connectivity index (χ3v) is 3.90. The molecule has 1 aliphatic rings. The van der Waals surface area contributed by atoms with Gasteiger partial charge in [0.05, 0.1) is 22.7 Å². The SMILES string of the molecule is CCOC(=O)c1ccc(C(=O)C2C(=O)CC(C)(C)NC2=O)c([N+](=O)[O-])c1. The first-order chi connectivity index (χ1) is 12.1. The Labute approximate surface area is 148 Å². The maximum atomic E-state index is 12.7. The maximum absolute atomic E-state index is 12.7. The summed E-state index contributed by atoms with van der Waals surface area (Å²) < 4.78 is 4.77.